The van der Waals surface area contributed by atoms with Crippen molar-refractivity contribution in [2.45, 2.75) is 33.2 Å². The van der Waals surface area contributed by atoms with Crippen LogP contribution in [0.25, 0.3) is 11.0 Å². The van der Waals surface area contributed by atoms with Gasteiger partial charge in [0.25, 0.3) is 0 Å². The minimum absolute atomic E-state index is 0.442. The molecule has 2 heterocycles. The lowest BCUT2D eigenvalue weighted by Crippen LogP contribution is -2.03. The molecule has 2 nitrogen and oxygen atoms in total. The average molecular weight is 305 g/mol. The minimum atomic E-state index is 0.442. The largest absolute Gasteiger partial charge is 0.321 e. The van der Waals surface area contributed by atoms with Crippen LogP contribution >= 0.6 is 22.9 Å². The second-order valence-electron chi connectivity index (χ2n) is 5.14. The lowest BCUT2D eigenvalue weighted by atomic mass is 10.2. The highest BCUT2D eigenvalue weighted by atomic mass is 35.5. The number of aryl methyl sites for hydroxylation is 3. The van der Waals surface area contributed by atoms with Crippen molar-refractivity contribution in [3.63, 3.8) is 0 Å². The van der Waals surface area contributed by atoms with Crippen LogP contribution in [0.5, 0.6) is 0 Å². The summed E-state index contributed by atoms with van der Waals surface area (Å²) in [6.07, 6.45) is 0. The Bertz CT molecular complexity index is 751. The van der Waals surface area contributed by atoms with Crippen molar-refractivity contribution in [2.75, 3.05) is 0 Å². The van der Waals surface area contributed by atoms with E-state index < -0.39 is 0 Å². The van der Waals surface area contributed by atoms with Gasteiger partial charge < -0.3 is 4.57 Å². The van der Waals surface area contributed by atoms with Crippen LogP contribution in [0.4, 0.5) is 0 Å². The molecule has 0 radical (unpaired) electrons. The van der Waals surface area contributed by atoms with Crippen LogP contribution in [0.3, 0.4) is 0 Å². The van der Waals surface area contributed by atoms with Crippen LogP contribution < -0.4 is 0 Å². The molecule has 20 heavy (non-hydrogen) atoms. The number of aromatic nitrogens is 2. The third-order valence-corrected chi connectivity index (χ3v) is 5.07. The molecule has 0 atom stereocenters. The summed E-state index contributed by atoms with van der Waals surface area (Å²) in [5.41, 5.74) is 4.84. The number of hydrogen-bond donors (Lipinski definition) is 0. The summed E-state index contributed by atoms with van der Waals surface area (Å²) >= 11 is 7.93. The Hall–Kier alpha value is -1.32. The maximum absolute atomic E-state index is 6.08. The molecule has 0 unspecified atom stereocenters. The predicted molar refractivity (Wildman–Crippen MR) is 86.9 cm³/mol. The highest BCUT2D eigenvalue weighted by Gasteiger charge is 2.13. The van der Waals surface area contributed by atoms with Gasteiger partial charge in [0.1, 0.15) is 5.82 Å². The van der Waals surface area contributed by atoms with Crippen molar-refractivity contribution in [1.29, 1.82) is 0 Å². The molecule has 0 aliphatic rings. The van der Waals surface area contributed by atoms with Gasteiger partial charge in [-0.15, -0.1) is 22.9 Å². The first-order valence-corrected chi connectivity index (χ1v) is 8.02. The lowest BCUT2D eigenvalue weighted by molar-refractivity contribution is 0.787. The first-order chi connectivity index (χ1) is 9.60. The summed E-state index contributed by atoms with van der Waals surface area (Å²) in [7, 11) is 0. The zero-order valence-electron chi connectivity index (χ0n) is 11.9. The number of fused-ring (bicyclic) bond motifs is 1. The molecule has 4 heteroatoms. The summed E-state index contributed by atoms with van der Waals surface area (Å²) in [6, 6.07) is 8.50. The molecule has 0 saturated carbocycles. The third kappa shape index (κ3) is 2.25. The van der Waals surface area contributed by atoms with Crippen LogP contribution in [0.15, 0.2) is 24.3 Å². The van der Waals surface area contributed by atoms with Gasteiger partial charge >= 0.3 is 0 Å². The molecule has 0 aliphatic heterocycles. The van der Waals surface area contributed by atoms with E-state index in [1.807, 2.05) is 17.4 Å². The molecule has 0 bridgehead atoms. The quantitative estimate of drug-likeness (QED) is 0.635. The molecule has 0 amide bonds. The first kappa shape index (κ1) is 13.7. The van der Waals surface area contributed by atoms with Crippen molar-refractivity contribution in [2.24, 2.45) is 0 Å². The van der Waals surface area contributed by atoms with Crippen molar-refractivity contribution < 1.29 is 0 Å². The van der Waals surface area contributed by atoms with Crippen molar-refractivity contribution >= 4 is 34.0 Å². The van der Waals surface area contributed by atoms with Crippen LogP contribution in [-0.2, 0) is 12.4 Å². The Labute approximate surface area is 128 Å². The Morgan fingerprint density at radius 3 is 2.65 bits per heavy atom. The molecule has 0 fully saturated rings. The van der Waals surface area contributed by atoms with E-state index in [9.17, 15) is 0 Å². The zero-order chi connectivity index (χ0) is 14.3. The van der Waals surface area contributed by atoms with Crippen LogP contribution in [-0.4, -0.2) is 9.55 Å². The number of alkyl halides is 1. The number of halogens is 1. The van der Waals surface area contributed by atoms with E-state index in [1.165, 1.54) is 26.4 Å². The number of rotatable bonds is 3. The number of thiophene rings is 1. The predicted octanol–water partition coefficient (Wildman–Crippen LogP) is 4.81. The molecule has 0 spiro atoms. The smallest absolute Gasteiger partial charge is 0.125 e. The SMILES string of the molecule is Cc1cc(Cn2c(CCl)nc3cccc(C)c32)sc1C. The Kier molecular flexibility index (Phi) is 3.57. The summed E-state index contributed by atoms with van der Waals surface area (Å²) in [4.78, 5) is 7.39. The maximum atomic E-state index is 6.08. The second-order valence-corrected chi connectivity index (χ2v) is 6.75. The van der Waals surface area contributed by atoms with Crippen LogP contribution in [0, 0.1) is 20.8 Å². The van der Waals surface area contributed by atoms with Gasteiger partial charge in [0.2, 0.25) is 0 Å². The van der Waals surface area contributed by atoms with E-state index in [1.54, 1.807) is 0 Å². The molecular formula is C16H17ClN2S. The number of para-hydroxylation sites is 1. The van der Waals surface area contributed by atoms with Crippen LogP contribution in [0.2, 0.25) is 0 Å². The molecule has 2 aromatic heterocycles. The molecule has 1 aromatic carbocycles. The van der Waals surface area contributed by atoms with E-state index in [2.05, 4.69) is 48.5 Å². The zero-order valence-corrected chi connectivity index (χ0v) is 13.5. The number of nitrogens with zero attached hydrogens (tertiary/aromatic N) is 2. The van der Waals surface area contributed by atoms with E-state index in [-0.39, 0.29) is 0 Å². The molecule has 3 rings (SSSR count). The highest BCUT2D eigenvalue weighted by Crippen LogP contribution is 2.26. The minimum Gasteiger partial charge on any atom is -0.321 e. The molecule has 104 valence electrons. The summed E-state index contributed by atoms with van der Waals surface area (Å²) in [5, 5.41) is 0. The number of benzene rings is 1. The fraction of sp³-hybridized carbons (Fsp3) is 0.312. The fourth-order valence-electron chi connectivity index (χ4n) is 2.57. The third-order valence-electron chi connectivity index (χ3n) is 3.70. The van der Waals surface area contributed by atoms with Crippen molar-refractivity contribution in [3.8, 4) is 0 Å². The molecule has 0 saturated heterocycles. The molecule has 0 N–H and O–H groups in total. The average Bonchev–Trinajstić information content (AvgIpc) is 2.92. The van der Waals surface area contributed by atoms with Gasteiger partial charge in [0, 0.05) is 9.75 Å². The van der Waals surface area contributed by atoms with E-state index in [0.29, 0.717) is 5.88 Å². The van der Waals surface area contributed by atoms with Crippen molar-refractivity contribution in [3.05, 3.63) is 51.0 Å². The maximum Gasteiger partial charge on any atom is 0.125 e. The Morgan fingerprint density at radius 2 is 2.00 bits per heavy atom. The fourth-order valence-corrected chi connectivity index (χ4v) is 3.82. The summed E-state index contributed by atoms with van der Waals surface area (Å²) in [6.45, 7) is 7.31. The van der Waals surface area contributed by atoms with E-state index in [4.69, 9.17) is 11.6 Å². The molecular weight excluding hydrogens is 288 g/mol. The number of hydrogen-bond acceptors (Lipinski definition) is 2. The van der Waals surface area contributed by atoms with E-state index in [0.717, 1.165) is 17.9 Å². The standard InChI is InChI=1S/C16H17ClN2S/c1-10-5-4-6-14-16(10)19(15(8-17)18-14)9-13-7-11(2)12(3)20-13/h4-7H,8-9H2,1-3H3. The van der Waals surface area contributed by atoms with Gasteiger partial charge in [0.15, 0.2) is 0 Å². The Balaban J connectivity index is 2.14. The van der Waals surface area contributed by atoms with Gasteiger partial charge in [-0.1, -0.05) is 12.1 Å². The summed E-state index contributed by atoms with van der Waals surface area (Å²) < 4.78 is 2.25. The number of imidazole rings is 1. The Morgan fingerprint density at radius 1 is 1.20 bits per heavy atom. The molecule has 0 aliphatic carbocycles. The van der Waals surface area contributed by atoms with Crippen LogP contribution in [0.1, 0.15) is 26.7 Å². The van der Waals surface area contributed by atoms with Gasteiger partial charge in [-0.25, -0.2) is 4.98 Å². The lowest BCUT2D eigenvalue weighted by Gasteiger charge is -2.07. The summed E-state index contributed by atoms with van der Waals surface area (Å²) in [5.74, 6) is 1.39. The van der Waals surface area contributed by atoms with E-state index >= 15 is 0 Å². The highest BCUT2D eigenvalue weighted by molar-refractivity contribution is 7.12. The first-order valence-electron chi connectivity index (χ1n) is 6.66. The second kappa shape index (κ2) is 5.23. The van der Waals surface area contributed by atoms with Gasteiger partial charge in [-0.3, -0.25) is 0 Å². The monoisotopic (exact) mass is 304 g/mol. The van der Waals surface area contributed by atoms with Gasteiger partial charge in [0.05, 0.1) is 23.5 Å². The topological polar surface area (TPSA) is 17.8 Å². The normalized spacial score (nSPS) is 11.4. The van der Waals surface area contributed by atoms with Crippen molar-refractivity contribution in [1.82, 2.24) is 9.55 Å². The van der Waals surface area contributed by atoms with Gasteiger partial charge in [-0.05, 0) is 44.0 Å². The molecule has 3 aromatic rings. The van der Waals surface area contributed by atoms with Gasteiger partial charge in [-0.2, -0.15) is 0 Å².